The number of alkyl halides is 1. The molecule has 0 saturated heterocycles. The van der Waals surface area contributed by atoms with Gasteiger partial charge >= 0.3 is 0 Å². The molecule has 1 heteroatoms. The van der Waals surface area contributed by atoms with E-state index in [-0.39, 0.29) is 0 Å². The standard InChI is InChI=1S/C12H21Cl/c13-11-7-2-1-4-8-12-9-5-3-6-10-12/h5,9,12H,1-4,6-8,10-11H2/t12-/m0/s1. The van der Waals surface area contributed by atoms with Crippen molar-refractivity contribution in [1.82, 2.24) is 0 Å². The quantitative estimate of drug-likeness (QED) is 0.336. The van der Waals surface area contributed by atoms with Crippen LogP contribution in [-0.4, -0.2) is 5.88 Å². The van der Waals surface area contributed by atoms with Crippen LogP contribution in [0.5, 0.6) is 0 Å². The van der Waals surface area contributed by atoms with Gasteiger partial charge in [-0.05, 0) is 38.0 Å². The third-order valence-corrected chi connectivity index (χ3v) is 3.08. The Bertz CT molecular complexity index is 140. The summed E-state index contributed by atoms with van der Waals surface area (Å²) in [6.45, 7) is 0. The highest BCUT2D eigenvalue weighted by atomic mass is 35.5. The highest BCUT2D eigenvalue weighted by molar-refractivity contribution is 6.17. The maximum atomic E-state index is 5.62. The predicted molar refractivity (Wildman–Crippen MR) is 60.3 cm³/mol. The number of hydrogen-bond acceptors (Lipinski definition) is 0. The van der Waals surface area contributed by atoms with Gasteiger partial charge in [-0.1, -0.05) is 31.4 Å². The number of rotatable bonds is 6. The second-order valence-electron chi connectivity index (χ2n) is 4.01. The Morgan fingerprint density at radius 2 is 2.00 bits per heavy atom. The van der Waals surface area contributed by atoms with Crippen molar-refractivity contribution >= 4 is 11.6 Å². The highest BCUT2D eigenvalue weighted by Crippen LogP contribution is 2.22. The molecular formula is C12H21Cl. The van der Waals surface area contributed by atoms with Crippen LogP contribution in [0.3, 0.4) is 0 Å². The molecule has 0 N–H and O–H groups in total. The van der Waals surface area contributed by atoms with Gasteiger partial charge in [0.25, 0.3) is 0 Å². The van der Waals surface area contributed by atoms with E-state index in [0.29, 0.717) is 0 Å². The fourth-order valence-electron chi connectivity index (χ4n) is 1.98. The van der Waals surface area contributed by atoms with Crippen molar-refractivity contribution in [3.8, 4) is 0 Å². The van der Waals surface area contributed by atoms with E-state index >= 15 is 0 Å². The third-order valence-electron chi connectivity index (χ3n) is 2.81. The first-order valence-electron chi connectivity index (χ1n) is 5.66. The van der Waals surface area contributed by atoms with E-state index in [4.69, 9.17) is 11.6 Å². The Kier molecular flexibility index (Phi) is 6.35. The van der Waals surface area contributed by atoms with Crippen LogP contribution in [0.1, 0.15) is 51.4 Å². The monoisotopic (exact) mass is 200 g/mol. The van der Waals surface area contributed by atoms with Gasteiger partial charge in [-0.3, -0.25) is 0 Å². The molecule has 0 radical (unpaired) electrons. The molecule has 0 spiro atoms. The number of hydrogen-bond donors (Lipinski definition) is 0. The largest absolute Gasteiger partial charge is 0.127 e. The molecule has 0 aliphatic heterocycles. The molecule has 1 atom stereocenters. The lowest BCUT2D eigenvalue weighted by molar-refractivity contribution is 0.474. The maximum Gasteiger partial charge on any atom is 0.0223 e. The summed E-state index contributed by atoms with van der Waals surface area (Å²) in [5.74, 6) is 1.73. The second kappa shape index (κ2) is 7.44. The molecule has 1 aliphatic rings. The number of allylic oxidation sites excluding steroid dienone is 2. The lowest BCUT2D eigenvalue weighted by Crippen LogP contribution is -2.00. The minimum atomic E-state index is 0.837. The minimum Gasteiger partial charge on any atom is -0.127 e. The molecule has 0 fully saturated rings. The van der Waals surface area contributed by atoms with Crippen LogP contribution in [0.15, 0.2) is 12.2 Å². The Hall–Kier alpha value is 0.0300. The maximum absolute atomic E-state index is 5.62. The summed E-state index contributed by atoms with van der Waals surface area (Å²) in [5, 5.41) is 0. The lowest BCUT2D eigenvalue weighted by atomic mass is 9.91. The number of unbranched alkanes of at least 4 members (excludes halogenated alkanes) is 3. The van der Waals surface area contributed by atoms with Gasteiger partial charge in [0.2, 0.25) is 0 Å². The van der Waals surface area contributed by atoms with Crippen molar-refractivity contribution in [2.24, 2.45) is 5.92 Å². The van der Waals surface area contributed by atoms with Crippen LogP contribution in [0.25, 0.3) is 0 Å². The fraction of sp³-hybridized carbons (Fsp3) is 0.833. The van der Waals surface area contributed by atoms with Crippen LogP contribution in [0.4, 0.5) is 0 Å². The zero-order valence-electron chi connectivity index (χ0n) is 8.47. The molecule has 0 amide bonds. The van der Waals surface area contributed by atoms with Gasteiger partial charge in [-0.25, -0.2) is 0 Å². The van der Waals surface area contributed by atoms with Crippen LogP contribution >= 0.6 is 11.6 Å². The molecular weight excluding hydrogens is 180 g/mol. The highest BCUT2D eigenvalue weighted by Gasteiger charge is 2.06. The van der Waals surface area contributed by atoms with Crippen molar-refractivity contribution in [2.45, 2.75) is 51.4 Å². The Labute approximate surface area is 87.4 Å². The lowest BCUT2D eigenvalue weighted by Gasteiger charge is -2.15. The van der Waals surface area contributed by atoms with Crippen molar-refractivity contribution in [3.05, 3.63) is 12.2 Å². The van der Waals surface area contributed by atoms with Crippen molar-refractivity contribution in [2.75, 3.05) is 5.88 Å². The fourth-order valence-corrected chi connectivity index (χ4v) is 2.17. The first-order valence-corrected chi connectivity index (χ1v) is 6.19. The van der Waals surface area contributed by atoms with Gasteiger partial charge in [0.1, 0.15) is 0 Å². The van der Waals surface area contributed by atoms with Crippen LogP contribution in [-0.2, 0) is 0 Å². The molecule has 0 aromatic rings. The summed E-state index contributed by atoms with van der Waals surface area (Å²) in [7, 11) is 0. The summed E-state index contributed by atoms with van der Waals surface area (Å²) in [4.78, 5) is 0. The second-order valence-corrected chi connectivity index (χ2v) is 4.39. The molecule has 1 rings (SSSR count). The van der Waals surface area contributed by atoms with E-state index in [1.807, 2.05) is 0 Å². The zero-order chi connectivity index (χ0) is 9.36. The van der Waals surface area contributed by atoms with E-state index < -0.39 is 0 Å². The molecule has 0 saturated carbocycles. The van der Waals surface area contributed by atoms with Crippen molar-refractivity contribution in [3.63, 3.8) is 0 Å². The smallest absolute Gasteiger partial charge is 0.0223 e. The topological polar surface area (TPSA) is 0 Å². The van der Waals surface area contributed by atoms with E-state index in [0.717, 1.165) is 11.8 Å². The van der Waals surface area contributed by atoms with Gasteiger partial charge in [-0.15, -0.1) is 11.6 Å². The Morgan fingerprint density at radius 1 is 1.15 bits per heavy atom. The zero-order valence-corrected chi connectivity index (χ0v) is 9.23. The molecule has 1 aliphatic carbocycles. The molecule has 76 valence electrons. The van der Waals surface area contributed by atoms with E-state index in [1.165, 1.54) is 51.4 Å². The summed E-state index contributed by atoms with van der Waals surface area (Å²) in [6, 6.07) is 0. The van der Waals surface area contributed by atoms with E-state index in [9.17, 15) is 0 Å². The van der Waals surface area contributed by atoms with Gasteiger partial charge in [-0.2, -0.15) is 0 Å². The summed E-state index contributed by atoms with van der Waals surface area (Å²) in [5.41, 5.74) is 0. The SMILES string of the molecule is ClCCCCCC[C@H]1C=CCCC1. The predicted octanol–water partition coefficient (Wildman–Crippen LogP) is 4.53. The molecule has 13 heavy (non-hydrogen) atoms. The Morgan fingerprint density at radius 3 is 2.69 bits per heavy atom. The summed E-state index contributed by atoms with van der Waals surface area (Å²) >= 11 is 5.62. The summed E-state index contributed by atoms with van der Waals surface area (Å²) < 4.78 is 0. The average Bonchev–Trinajstić information content (AvgIpc) is 2.19. The van der Waals surface area contributed by atoms with Gasteiger partial charge in [0, 0.05) is 5.88 Å². The third kappa shape index (κ3) is 5.36. The molecule has 0 heterocycles. The first-order chi connectivity index (χ1) is 6.43. The average molecular weight is 201 g/mol. The number of halogens is 1. The van der Waals surface area contributed by atoms with E-state index in [1.54, 1.807) is 0 Å². The first kappa shape index (κ1) is 11.1. The van der Waals surface area contributed by atoms with Gasteiger partial charge in [0.15, 0.2) is 0 Å². The Balaban J connectivity index is 1.92. The van der Waals surface area contributed by atoms with Crippen LogP contribution in [0.2, 0.25) is 0 Å². The molecule has 0 aromatic carbocycles. The van der Waals surface area contributed by atoms with E-state index in [2.05, 4.69) is 12.2 Å². The molecule has 0 bridgehead atoms. The normalized spacial score (nSPS) is 22.1. The summed E-state index contributed by atoms with van der Waals surface area (Å²) in [6.07, 6.45) is 15.6. The molecule has 0 unspecified atom stereocenters. The van der Waals surface area contributed by atoms with Gasteiger partial charge < -0.3 is 0 Å². The molecule has 0 nitrogen and oxygen atoms in total. The van der Waals surface area contributed by atoms with Gasteiger partial charge in [0.05, 0.1) is 0 Å². The van der Waals surface area contributed by atoms with Crippen LogP contribution in [0, 0.1) is 5.92 Å². The van der Waals surface area contributed by atoms with Crippen molar-refractivity contribution in [1.29, 1.82) is 0 Å². The molecule has 0 aromatic heterocycles. The van der Waals surface area contributed by atoms with Crippen LogP contribution < -0.4 is 0 Å². The van der Waals surface area contributed by atoms with Crippen molar-refractivity contribution < 1.29 is 0 Å². The minimum absolute atomic E-state index is 0.837.